The molecule has 0 saturated heterocycles. The molecule has 0 amide bonds. The van der Waals surface area contributed by atoms with Gasteiger partial charge in [0.05, 0.1) is 11.0 Å². The van der Waals surface area contributed by atoms with E-state index in [0.717, 1.165) is 12.5 Å². The van der Waals surface area contributed by atoms with Crippen molar-refractivity contribution in [1.29, 1.82) is 0 Å². The first-order valence-electron chi connectivity index (χ1n) is 5.47. The van der Waals surface area contributed by atoms with E-state index in [1.165, 1.54) is 12.1 Å². The Bertz CT molecular complexity index is 413. The first kappa shape index (κ1) is 14.1. The van der Waals surface area contributed by atoms with Crippen LogP contribution < -0.4 is 10.1 Å². The standard InChI is InChI=1S/C11H14F2N2O3/c1-2-3-14-8-4-9(15(16)17)6-10(5-8)18-7-11(12)13/h4-6,11,14H,2-3,7H2,1H3. The van der Waals surface area contributed by atoms with Crippen LogP contribution in [0.2, 0.25) is 0 Å². The summed E-state index contributed by atoms with van der Waals surface area (Å²) in [5.41, 5.74) is 0.288. The van der Waals surface area contributed by atoms with Crippen LogP contribution in [-0.2, 0) is 0 Å². The third-order valence-corrected chi connectivity index (χ3v) is 2.06. The van der Waals surface area contributed by atoms with E-state index in [1.807, 2.05) is 6.92 Å². The van der Waals surface area contributed by atoms with Crippen molar-refractivity contribution in [3.63, 3.8) is 0 Å². The molecule has 0 spiro atoms. The summed E-state index contributed by atoms with van der Waals surface area (Å²) >= 11 is 0. The lowest BCUT2D eigenvalue weighted by Gasteiger charge is -2.09. The molecule has 0 aliphatic rings. The smallest absolute Gasteiger partial charge is 0.275 e. The normalized spacial score (nSPS) is 10.4. The van der Waals surface area contributed by atoms with Gasteiger partial charge >= 0.3 is 0 Å². The van der Waals surface area contributed by atoms with Crippen LogP contribution in [0.5, 0.6) is 5.75 Å². The fraction of sp³-hybridized carbons (Fsp3) is 0.455. The van der Waals surface area contributed by atoms with Crippen LogP contribution in [-0.4, -0.2) is 24.5 Å². The summed E-state index contributed by atoms with van der Waals surface area (Å²) in [5, 5.41) is 13.6. The number of ether oxygens (including phenoxy) is 1. The molecule has 0 bridgehead atoms. The van der Waals surface area contributed by atoms with Gasteiger partial charge in [0.2, 0.25) is 0 Å². The van der Waals surface area contributed by atoms with Crippen LogP contribution in [0.1, 0.15) is 13.3 Å². The molecule has 0 unspecified atom stereocenters. The fourth-order valence-corrected chi connectivity index (χ4v) is 1.30. The third kappa shape index (κ3) is 4.52. The van der Waals surface area contributed by atoms with E-state index in [-0.39, 0.29) is 11.4 Å². The van der Waals surface area contributed by atoms with Gasteiger partial charge in [0.15, 0.2) is 0 Å². The SMILES string of the molecule is CCCNc1cc(OCC(F)F)cc([N+](=O)[O-])c1. The first-order chi connectivity index (χ1) is 8.52. The minimum Gasteiger partial charge on any atom is -0.487 e. The number of alkyl halides is 2. The number of anilines is 1. The van der Waals surface area contributed by atoms with Gasteiger partial charge in [0.25, 0.3) is 12.1 Å². The van der Waals surface area contributed by atoms with Crippen molar-refractivity contribution in [1.82, 2.24) is 0 Å². The van der Waals surface area contributed by atoms with Gasteiger partial charge in [-0.25, -0.2) is 8.78 Å². The second-order valence-electron chi connectivity index (χ2n) is 3.60. The maximum absolute atomic E-state index is 12.0. The van der Waals surface area contributed by atoms with Gasteiger partial charge in [0.1, 0.15) is 12.4 Å². The highest BCUT2D eigenvalue weighted by molar-refractivity contribution is 5.56. The number of rotatable bonds is 7. The van der Waals surface area contributed by atoms with E-state index in [1.54, 1.807) is 0 Å². The molecule has 100 valence electrons. The van der Waals surface area contributed by atoms with Crippen molar-refractivity contribution in [2.45, 2.75) is 19.8 Å². The van der Waals surface area contributed by atoms with E-state index in [4.69, 9.17) is 4.74 Å². The fourth-order valence-electron chi connectivity index (χ4n) is 1.30. The summed E-state index contributed by atoms with van der Waals surface area (Å²) < 4.78 is 28.8. The monoisotopic (exact) mass is 260 g/mol. The van der Waals surface area contributed by atoms with Crippen LogP contribution in [0.3, 0.4) is 0 Å². The number of nitrogens with one attached hydrogen (secondary N) is 1. The Balaban J connectivity index is 2.87. The molecule has 18 heavy (non-hydrogen) atoms. The lowest BCUT2D eigenvalue weighted by Crippen LogP contribution is -2.08. The van der Waals surface area contributed by atoms with Crippen molar-refractivity contribution < 1.29 is 18.4 Å². The zero-order valence-electron chi connectivity index (χ0n) is 9.86. The zero-order chi connectivity index (χ0) is 13.5. The summed E-state index contributed by atoms with van der Waals surface area (Å²) in [6.07, 6.45) is -1.77. The van der Waals surface area contributed by atoms with E-state index in [2.05, 4.69) is 5.32 Å². The number of halogens is 2. The highest BCUT2D eigenvalue weighted by Crippen LogP contribution is 2.26. The van der Waals surface area contributed by atoms with Crippen molar-refractivity contribution in [2.24, 2.45) is 0 Å². The molecule has 0 aliphatic heterocycles. The number of non-ortho nitro benzene ring substituents is 1. The van der Waals surface area contributed by atoms with Gasteiger partial charge in [-0.2, -0.15) is 0 Å². The maximum Gasteiger partial charge on any atom is 0.275 e. The Morgan fingerprint density at radius 2 is 2.17 bits per heavy atom. The lowest BCUT2D eigenvalue weighted by atomic mass is 10.2. The molecule has 0 saturated carbocycles. The van der Waals surface area contributed by atoms with Crippen molar-refractivity contribution in [3.8, 4) is 5.75 Å². The molecular formula is C11H14F2N2O3. The van der Waals surface area contributed by atoms with E-state index in [9.17, 15) is 18.9 Å². The molecule has 0 aliphatic carbocycles. The van der Waals surface area contributed by atoms with E-state index >= 15 is 0 Å². The average molecular weight is 260 g/mol. The van der Waals surface area contributed by atoms with Crippen molar-refractivity contribution in [2.75, 3.05) is 18.5 Å². The Kier molecular flexibility index (Phi) is 5.29. The number of nitrogens with zero attached hydrogens (tertiary/aromatic N) is 1. The van der Waals surface area contributed by atoms with E-state index in [0.29, 0.717) is 12.2 Å². The number of benzene rings is 1. The Hall–Kier alpha value is -1.92. The Morgan fingerprint density at radius 3 is 2.72 bits per heavy atom. The molecule has 1 aromatic carbocycles. The maximum atomic E-state index is 12.0. The molecular weight excluding hydrogens is 246 g/mol. The van der Waals surface area contributed by atoms with Crippen LogP contribution >= 0.6 is 0 Å². The molecule has 7 heteroatoms. The van der Waals surface area contributed by atoms with Crippen LogP contribution in [0, 0.1) is 10.1 Å². The van der Waals surface area contributed by atoms with Crippen molar-refractivity contribution >= 4 is 11.4 Å². The van der Waals surface area contributed by atoms with Gasteiger partial charge in [-0.15, -0.1) is 0 Å². The molecule has 1 N–H and O–H groups in total. The van der Waals surface area contributed by atoms with Gasteiger partial charge in [-0.05, 0) is 6.42 Å². The molecule has 1 rings (SSSR count). The summed E-state index contributed by atoms with van der Waals surface area (Å²) in [5.74, 6) is 0.0584. The van der Waals surface area contributed by atoms with Gasteiger partial charge in [-0.3, -0.25) is 10.1 Å². The molecule has 0 radical (unpaired) electrons. The molecule has 0 fully saturated rings. The minimum atomic E-state index is -2.61. The van der Waals surface area contributed by atoms with E-state index < -0.39 is 18.0 Å². The van der Waals surface area contributed by atoms with Crippen LogP contribution in [0.15, 0.2) is 18.2 Å². The van der Waals surface area contributed by atoms with Crippen LogP contribution in [0.25, 0.3) is 0 Å². The summed E-state index contributed by atoms with van der Waals surface area (Å²) in [6.45, 7) is 1.79. The minimum absolute atomic E-state index is 0.0584. The quantitative estimate of drug-likeness (QED) is 0.604. The predicted molar refractivity (Wildman–Crippen MR) is 63.4 cm³/mol. The zero-order valence-corrected chi connectivity index (χ0v) is 9.86. The van der Waals surface area contributed by atoms with Gasteiger partial charge in [-0.1, -0.05) is 6.92 Å². The number of hydrogen-bond donors (Lipinski definition) is 1. The predicted octanol–water partition coefficient (Wildman–Crippen LogP) is 3.06. The largest absolute Gasteiger partial charge is 0.487 e. The summed E-state index contributed by atoms with van der Waals surface area (Å²) in [7, 11) is 0. The number of hydrogen-bond acceptors (Lipinski definition) is 4. The highest BCUT2D eigenvalue weighted by atomic mass is 19.3. The first-order valence-corrected chi connectivity index (χ1v) is 5.47. The summed E-state index contributed by atoms with van der Waals surface area (Å²) in [4.78, 5) is 10.1. The number of nitro groups is 1. The lowest BCUT2D eigenvalue weighted by molar-refractivity contribution is -0.384. The molecule has 0 heterocycles. The second kappa shape index (κ2) is 6.73. The second-order valence-corrected chi connectivity index (χ2v) is 3.60. The van der Waals surface area contributed by atoms with Gasteiger partial charge in [0, 0.05) is 24.4 Å². The Morgan fingerprint density at radius 1 is 1.44 bits per heavy atom. The molecule has 5 nitrogen and oxygen atoms in total. The third-order valence-electron chi connectivity index (χ3n) is 2.06. The molecule has 0 atom stereocenters. The Labute approximate surface area is 103 Å². The van der Waals surface area contributed by atoms with Crippen LogP contribution in [0.4, 0.5) is 20.2 Å². The highest BCUT2D eigenvalue weighted by Gasteiger charge is 2.12. The van der Waals surface area contributed by atoms with Crippen molar-refractivity contribution in [3.05, 3.63) is 28.3 Å². The number of nitro benzene ring substituents is 1. The molecule has 1 aromatic rings. The van der Waals surface area contributed by atoms with Gasteiger partial charge < -0.3 is 10.1 Å². The topological polar surface area (TPSA) is 64.4 Å². The average Bonchev–Trinajstić information content (AvgIpc) is 2.33. The summed E-state index contributed by atoms with van der Waals surface area (Å²) in [6, 6.07) is 3.93. The molecule has 0 aromatic heterocycles.